The fourth-order valence-electron chi connectivity index (χ4n) is 21.1. The third-order valence-electron chi connectivity index (χ3n) is 24.7. The van der Waals surface area contributed by atoms with E-state index in [1.165, 1.54) is 113 Å². The van der Waals surface area contributed by atoms with Gasteiger partial charge in [0, 0.05) is 84.0 Å². The zero-order valence-corrected chi connectivity index (χ0v) is 53.6. The summed E-state index contributed by atoms with van der Waals surface area (Å²) in [6, 6.07) is 39.9. The second-order valence-electron chi connectivity index (χ2n) is 27.6. The quantitative estimate of drug-likeness (QED) is 0.0991. The largest absolute Gasteiger partial charge is 1.00 e. The van der Waals surface area contributed by atoms with Gasteiger partial charge in [-0.25, -0.2) is 0 Å². The molecule has 0 radical (unpaired) electrons. The standard InChI is InChI=1S/C36H41NO4.C35H39NO4.ClH.K.H2O/c1-38-29-13-12-25-18-30-34-14-15-36(39-2,27(19-34)22-40-21-26-8-5-7-24-6-3-4-9-28(24)26)33-35(34,31(25)32(29)41-33)16-17-37(30)20-23-10-11-23;1-38-35-14-13-33(18-26(35)21-39-20-25-7-4-6-23-5-2-3-8-27(23)25)29-17-24-11-12-28(37)31-30(24)34(33,32(35)40-31)15-16-36(29)19-22-9-10-22;;;/h3-9,12-13,23,27,30,33H,10-11,14-22H2,1-2H3;2-8,11-12,22,26,29,32,37H,9-10,13-21H2,1H3;1H;;1H2/q;;;+1;/p-1/t27-,30-,33-,34-,35+,36-;26-,29-,32-,33-,34+,35-;;;/m11.../s1. The molecule has 6 aromatic rings. The van der Waals surface area contributed by atoms with Crippen molar-refractivity contribution < 1.29 is 95.1 Å². The van der Waals surface area contributed by atoms with Crippen molar-refractivity contribution in [2.24, 2.45) is 34.5 Å². The van der Waals surface area contributed by atoms with Crippen molar-refractivity contribution in [3.05, 3.63) is 143 Å². The summed E-state index contributed by atoms with van der Waals surface area (Å²) in [5.74, 6) is 5.26. The molecule has 10 fully saturated rings. The molecule has 84 heavy (non-hydrogen) atoms. The Morgan fingerprint density at radius 2 is 1.01 bits per heavy atom. The van der Waals surface area contributed by atoms with Gasteiger partial charge in [0.25, 0.3) is 0 Å². The molecule has 2 saturated heterocycles. The molecule has 8 bridgehead atoms. The van der Waals surface area contributed by atoms with Crippen LogP contribution in [0.25, 0.3) is 21.5 Å². The molecule has 13 heteroatoms. The molecule has 14 aliphatic rings. The van der Waals surface area contributed by atoms with Crippen LogP contribution in [0.4, 0.5) is 0 Å². The van der Waals surface area contributed by atoms with Gasteiger partial charge in [-0.1, -0.05) is 97.1 Å². The molecule has 4 aliphatic heterocycles. The van der Waals surface area contributed by atoms with Gasteiger partial charge >= 0.3 is 51.4 Å². The maximum absolute atomic E-state index is 11.1. The van der Waals surface area contributed by atoms with Crippen LogP contribution < -0.4 is 65.6 Å². The van der Waals surface area contributed by atoms with Crippen LogP contribution in [-0.2, 0) is 55.8 Å². The van der Waals surface area contributed by atoms with E-state index < -0.39 is 5.60 Å². The first-order chi connectivity index (χ1) is 39.7. The van der Waals surface area contributed by atoms with Gasteiger partial charge in [0.05, 0.1) is 33.5 Å². The minimum atomic E-state index is -0.413. The summed E-state index contributed by atoms with van der Waals surface area (Å²) >= 11 is 0. The van der Waals surface area contributed by atoms with Crippen molar-refractivity contribution in [3.8, 4) is 23.0 Å². The number of fused-ring (bicyclic) bond motifs is 6. The van der Waals surface area contributed by atoms with Gasteiger partial charge in [-0.2, -0.15) is 0 Å². The van der Waals surface area contributed by atoms with Crippen LogP contribution in [0.5, 0.6) is 23.0 Å². The van der Waals surface area contributed by atoms with E-state index in [1.807, 2.05) is 20.3 Å². The maximum Gasteiger partial charge on any atom is 1.00 e. The topological polar surface area (TPSA) is 121 Å². The number of likely N-dealkylation sites (tertiary alicyclic amines) is 2. The number of nitrogens with zero attached hydrogens (tertiary/aromatic N) is 2. The Bertz CT molecular complexity index is 3510. The van der Waals surface area contributed by atoms with Gasteiger partial charge in [0.1, 0.15) is 23.4 Å². The summed E-state index contributed by atoms with van der Waals surface area (Å²) in [7, 11) is 5.60. The number of halogens is 1. The third-order valence-corrected chi connectivity index (χ3v) is 24.7. The monoisotopic (exact) mass is 1180 g/mol. The van der Waals surface area contributed by atoms with Crippen molar-refractivity contribution in [2.75, 3.05) is 60.7 Å². The Balaban J connectivity index is 0.000000144. The normalized spacial score (nSPS) is 35.3. The Morgan fingerprint density at radius 1 is 0.548 bits per heavy atom. The molecule has 8 saturated carbocycles. The number of hydrogen-bond donors (Lipinski definition) is 1. The zero-order chi connectivity index (χ0) is 54.1. The molecular formula is C71H82ClKN2O9. The number of rotatable bonds is 15. The number of phenolic OH excluding ortho intramolecular Hbond substituents is 1. The molecular weight excluding hydrogens is 1100 g/mol. The summed E-state index contributed by atoms with van der Waals surface area (Å²) < 4.78 is 46.7. The number of hydrogen-bond acceptors (Lipinski definition) is 11. The van der Waals surface area contributed by atoms with E-state index in [9.17, 15) is 5.11 Å². The van der Waals surface area contributed by atoms with E-state index >= 15 is 0 Å². The summed E-state index contributed by atoms with van der Waals surface area (Å²) in [4.78, 5) is 5.78. The molecule has 12 atom stereocenters. The molecule has 6 aromatic carbocycles. The molecule has 2 N–H and O–H groups in total. The smallest absolute Gasteiger partial charge is 0.870 e. The summed E-state index contributed by atoms with van der Waals surface area (Å²) in [6.07, 6.45) is 16.6. The van der Waals surface area contributed by atoms with Crippen LogP contribution in [0.15, 0.2) is 109 Å². The van der Waals surface area contributed by atoms with Gasteiger partial charge < -0.3 is 43.7 Å². The molecule has 438 valence electrons. The van der Waals surface area contributed by atoms with Crippen molar-refractivity contribution in [1.82, 2.24) is 9.80 Å². The van der Waals surface area contributed by atoms with Gasteiger partial charge in [0.2, 0.25) is 0 Å². The van der Waals surface area contributed by atoms with E-state index in [0.29, 0.717) is 50.2 Å². The third kappa shape index (κ3) is 7.93. The average molecular weight is 1180 g/mol. The molecule has 10 aliphatic carbocycles. The van der Waals surface area contributed by atoms with Crippen molar-refractivity contribution >= 4 is 34.0 Å². The van der Waals surface area contributed by atoms with E-state index in [1.54, 1.807) is 7.11 Å². The number of piperidine rings is 2. The van der Waals surface area contributed by atoms with Crippen LogP contribution in [0.3, 0.4) is 0 Å². The number of aromatic hydroxyl groups is 1. The molecule has 4 heterocycles. The summed E-state index contributed by atoms with van der Waals surface area (Å²) in [5.41, 5.74) is 7.64. The van der Waals surface area contributed by atoms with E-state index in [0.717, 1.165) is 87.0 Å². The SMILES string of the molecule is CO[C@]12CC[C@@]3(C[C@@H]1COCc1cccc4ccccc14)[C@H]1Cc4ccc(O)c5c4[C@@]3(CCN1CC1CC1)[C@H]2O5.COc1ccc2c3c1O[C@H]1[C@@]4(OC)CC[C@@]5(C[C@@H]4COCc4cccc6ccccc46)[C@@H](C2)N(CC2CC2)CC[C@]315.Cl.[K+].[OH-]. The summed E-state index contributed by atoms with van der Waals surface area (Å²) in [6.45, 7) is 7.39. The van der Waals surface area contributed by atoms with Crippen molar-refractivity contribution in [2.45, 2.75) is 149 Å². The molecule has 0 amide bonds. The van der Waals surface area contributed by atoms with E-state index in [-0.39, 0.29) is 115 Å². The Kier molecular flexibility index (Phi) is 14.9. The fourth-order valence-corrected chi connectivity index (χ4v) is 21.1. The second-order valence-corrected chi connectivity index (χ2v) is 27.6. The first-order valence-corrected chi connectivity index (χ1v) is 31.3. The van der Waals surface area contributed by atoms with Gasteiger partial charge in [-0.3, -0.25) is 9.80 Å². The minimum Gasteiger partial charge on any atom is -0.870 e. The van der Waals surface area contributed by atoms with Crippen LogP contribution >= 0.6 is 12.4 Å². The predicted octanol–water partition coefficient (Wildman–Crippen LogP) is 9.53. The summed E-state index contributed by atoms with van der Waals surface area (Å²) in [5, 5.41) is 16.1. The number of phenols is 1. The predicted molar refractivity (Wildman–Crippen MR) is 322 cm³/mol. The number of methoxy groups -OCH3 is 3. The van der Waals surface area contributed by atoms with Crippen molar-refractivity contribution in [3.63, 3.8) is 0 Å². The second kappa shape index (κ2) is 21.4. The number of ether oxygens (including phenoxy) is 7. The van der Waals surface area contributed by atoms with Gasteiger partial charge in [0.15, 0.2) is 23.0 Å². The Hall–Kier alpha value is -3.31. The average Bonchev–Trinajstić information content (AvgIpc) is 1.31. The minimum absolute atomic E-state index is 0. The first kappa shape index (κ1) is 58.4. The van der Waals surface area contributed by atoms with Crippen LogP contribution in [-0.4, -0.2) is 117 Å². The first-order valence-electron chi connectivity index (χ1n) is 31.3. The number of benzene rings is 6. The van der Waals surface area contributed by atoms with Crippen LogP contribution in [0, 0.1) is 34.5 Å². The van der Waals surface area contributed by atoms with Crippen LogP contribution in [0.2, 0.25) is 0 Å². The molecule has 20 rings (SSSR count). The van der Waals surface area contributed by atoms with Gasteiger partial charge in [-0.05, 0) is 171 Å². The van der Waals surface area contributed by atoms with Crippen molar-refractivity contribution in [1.29, 1.82) is 0 Å². The zero-order valence-electron chi connectivity index (χ0n) is 49.6. The maximum atomic E-state index is 11.1. The fraction of sp³-hybridized carbons (Fsp3) is 0.549. The van der Waals surface area contributed by atoms with Crippen LogP contribution in [0.1, 0.15) is 110 Å². The molecule has 4 spiro atoms. The Labute approximate surface area is 544 Å². The van der Waals surface area contributed by atoms with Gasteiger partial charge in [-0.15, -0.1) is 12.4 Å². The molecule has 0 aromatic heterocycles. The Morgan fingerprint density at radius 3 is 1.50 bits per heavy atom. The molecule has 11 nitrogen and oxygen atoms in total. The van der Waals surface area contributed by atoms with E-state index in [4.69, 9.17) is 33.2 Å². The van der Waals surface area contributed by atoms with E-state index in [2.05, 4.69) is 113 Å². The molecule has 0 unspecified atom stereocenters.